The molecule has 0 atom stereocenters. The first-order valence-electron chi connectivity index (χ1n) is 6.29. The molecule has 4 aromatic rings. The third-order valence-corrected chi connectivity index (χ3v) is 4.19. The molecule has 108 valence electrons. The lowest BCUT2D eigenvalue weighted by Crippen LogP contribution is -1.90. The molecule has 0 unspecified atom stereocenters. The second kappa shape index (κ2) is 5.04. The highest BCUT2D eigenvalue weighted by molar-refractivity contribution is 7.17. The molecular weight excluding hydrogens is 322 g/mol. The quantitative estimate of drug-likeness (QED) is 0.603. The summed E-state index contributed by atoms with van der Waals surface area (Å²) >= 11 is 7.71. The van der Waals surface area contributed by atoms with Gasteiger partial charge in [-0.2, -0.15) is 4.98 Å². The molecule has 0 radical (unpaired) electrons. The smallest absolute Gasteiger partial charge is 0.278 e. The van der Waals surface area contributed by atoms with Gasteiger partial charge in [0.05, 0.1) is 27.1 Å². The minimum absolute atomic E-state index is 0.242. The highest BCUT2D eigenvalue weighted by Gasteiger charge is 2.15. The number of nitrogens with two attached hydrogens (primary N) is 1. The van der Waals surface area contributed by atoms with Crippen LogP contribution in [0.5, 0.6) is 0 Å². The molecule has 0 amide bonds. The van der Waals surface area contributed by atoms with Crippen molar-refractivity contribution in [3.8, 4) is 23.0 Å². The van der Waals surface area contributed by atoms with Crippen LogP contribution in [0, 0.1) is 0 Å². The first-order chi connectivity index (χ1) is 10.7. The van der Waals surface area contributed by atoms with Crippen LogP contribution in [0.4, 0.5) is 5.69 Å². The normalized spacial score (nSPS) is 11.1. The standard InChI is InChI=1S/C14H8ClN5OS/c15-9-4-8(16)6-18-12(9)14-19-13(20-21-14)7-3-11-10(17-5-7)1-2-22-11/h1-6H,16H2. The van der Waals surface area contributed by atoms with E-state index in [-0.39, 0.29) is 5.89 Å². The number of pyridine rings is 2. The van der Waals surface area contributed by atoms with Crippen molar-refractivity contribution in [2.24, 2.45) is 0 Å². The van der Waals surface area contributed by atoms with Crippen molar-refractivity contribution in [3.05, 3.63) is 41.0 Å². The Morgan fingerprint density at radius 1 is 1.18 bits per heavy atom. The Labute approximate surface area is 133 Å². The summed E-state index contributed by atoms with van der Waals surface area (Å²) in [5, 5.41) is 6.32. The Morgan fingerprint density at radius 2 is 2.09 bits per heavy atom. The topological polar surface area (TPSA) is 90.7 Å². The number of halogens is 1. The van der Waals surface area contributed by atoms with Crippen molar-refractivity contribution < 1.29 is 4.52 Å². The van der Waals surface area contributed by atoms with Crippen LogP contribution in [0.3, 0.4) is 0 Å². The van der Waals surface area contributed by atoms with Gasteiger partial charge in [-0.25, -0.2) is 4.98 Å². The van der Waals surface area contributed by atoms with Gasteiger partial charge in [-0.05, 0) is 23.6 Å². The van der Waals surface area contributed by atoms with Crippen molar-refractivity contribution in [3.63, 3.8) is 0 Å². The maximum absolute atomic E-state index is 6.10. The van der Waals surface area contributed by atoms with E-state index in [0.717, 1.165) is 15.8 Å². The molecule has 0 aliphatic heterocycles. The van der Waals surface area contributed by atoms with Gasteiger partial charge >= 0.3 is 0 Å². The monoisotopic (exact) mass is 329 g/mol. The highest BCUT2D eigenvalue weighted by Crippen LogP contribution is 2.29. The van der Waals surface area contributed by atoms with Crippen LogP contribution in [0.1, 0.15) is 0 Å². The number of nitrogen functional groups attached to an aromatic ring is 1. The van der Waals surface area contributed by atoms with Gasteiger partial charge < -0.3 is 10.3 Å². The van der Waals surface area contributed by atoms with Gasteiger partial charge in [0.1, 0.15) is 5.69 Å². The molecule has 4 aromatic heterocycles. The van der Waals surface area contributed by atoms with Crippen molar-refractivity contribution in [1.29, 1.82) is 0 Å². The summed E-state index contributed by atoms with van der Waals surface area (Å²) in [6, 6.07) is 5.52. The van der Waals surface area contributed by atoms with E-state index in [1.54, 1.807) is 23.6 Å². The Morgan fingerprint density at radius 3 is 2.95 bits per heavy atom. The van der Waals surface area contributed by atoms with E-state index < -0.39 is 0 Å². The highest BCUT2D eigenvalue weighted by atomic mass is 35.5. The molecule has 0 aliphatic carbocycles. The zero-order valence-electron chi connectivity index (χ0n) is 11.0. The van der Waals surface area contributed by atoms with Gasteiger partial charge in [-0.3, -0.25) is 4.98 Å². The predicted molar refractivity (Wildman–Crippen MR) is 85.6 cm³/mol. The number of thiophene rings is 1. The maximum Gasteiger partial charge on any atom is 0.278 e. The molecular formula is C14H8ClN5OS. The number of aromatic nitrogens is 4. The van der Waals surface area contributed by atoms with Crippen LogP contribution < -0.4 is 5.73 Å². The molecule has 4 rings (SSSR count). The molecule has 0 aromatic carbocycles. The van der Waals surface area contributed by atoms with Gasteiger partial charge in [0, 0.05) is 11.8 Å². The lowest BCUT2D eigenvalue weighted by molar-refractivity contribution is 0.431. The Kier molecular flexibility index (Phi) is 3.02. The summed E-state index contributed by atoms with van der Waals surface area (Å²) in [4.78, 5) is 12.8. The van der Waals surface area contributed by atoms with Crippen molar-refractivity contribution in [2.45, 2.75) is 0 Å². The maximum atomic E-state index is 6.10. The van der Waals surface area contributed by atoms with Crippen LogP contribution in [-0.4, -0.2) is 20.1 Å². The third-order valence-electron chi connectivity index (χ3n) is 3.05. The van der Waals surface area contributed by atoms with E-state index in [0.29, 0.717) is 22.2 Å². The molecule has 6 nitrogen and oxygen atoms in total. The summed E-state index contributed by atoms with van der Waals surface area (Å²) in [7, 11) is 0. The molecule has 0 bridgehead atoms. The molecule has 4 heterocycles. The minimum Gasteiger partial charge on any atom is -0.397 e. The van der Waals surface area contributed by atoms with Gasteiger partial charge in [0.15, 0.2) is 0 Å². The van der Waals surface area contributed by atoms with Crippen LogP contribution in [0.2, 0.25) is 5.02 Å². The fourth-order valence-electron chi connectivity index (χ4n) is 2.02. The summed E-state index contributed by atoms with van der Waals surface area (Å²) in [6.45, 7) is 0. The zero-order valence-corrected chi connectivity index (χ0v) is 12.6. The summed E-state index contributed by atoms with van der Waals surface area (Å²) in [6.07, 6.45) is 3.20. The largest absolute Gasteiger partial charge is 0.397 e. The number of fused-ring (bicyclic) bond motifs is 1. The lowest BCUT2D eigenvalue weighted by atomic mass is 10.2. The van der Waals surface area contributed by atoms with E-state index in [2.05, 4.69) is 20.1 Å². The van der Waals surface area contributed by atoms with Crippen molar-refractivity contribution >= 4 is 38.8 Å². The van der Waals surface area contributed by atoms with Crippen LogP contribution in [0.25, 0.3) is 33.2 Å². The van der Waals surface area contributed by atoms with E-state index in [4.69, 9.17) is 21.9 Å². The number of hydrogen-bond donors (Lipinski definition) is 1. The average molecular weight is 330 g/mol. The van der Waals surface area contributed by atoms with E-state index >= 15 is 0 Å². The van der Waals surface area contributed by atoms with E-state index in [9.17, 15) is 0 Å². The van der Waals surface area contributed by atoms with Gasteiger partial charge in [-0.15, -0.1) is 11.3 Å². The fraction of sp³-hybridized carbons (Fsp3) is 0. The van der Waals surface area contributed by atoms with Crippen LogP contribution in [0.15, 0.2) is 40.5 Å². The lowest BCUT2D eigenvalue weighted by Gasteiger charge is -1.98. The van der Waals surface area contributed by atoms with Crippen molar-refractivity contribution in [2.75, 3.05) is 5.73 Å². The molecule has 22 heavy (non-hydrogen) atoms. The van der Waals surface area contributed by atoms with Crippen LogP contribution >= 0.6 is 22.9 Å². The van der Waals surface area contributed by atoms with Gasteiger partial charge in [0.2, 0.25) is 5.82 Å². The van der Waals surface area contributed by atoms with Gasteiger partial charge in [0.25, 0.3) is 5.89 Å². The Balaban J connectivity index is 1.77. The Hall–Kier alpha value is -2.51. The second-order valence-electron chi connectivity index (χ2n) is 4.55. The number of rotatable bonds is 2. The second-order valence-corrected chi connectivity index (χ2v) is 5.91. The summed E-state index contributed by atoms with van der Waals surface area (Å²) in [5.41, 5.74) is 8.22. The predicted octanol–water partition coefficient (Wildman–Crippen LogP) is 3.64. The van der Waals surface area contributed by atoms with Crippen molar-refractivity contribution in [1.82, 2.24) is 20.1 Å². The molecule has 0 aliphatic rings. The molecule has 0 fully saturated rings. The molecule has 0 saturated heterocycles. The molecule has 0 saturated carbocycles. The van der Waals surface area contributed by atoms with Crippen LogP contribution in [-0.2, 0) is 0 Å². The SMILES string of the molecule is Nc1cnc(-c2nc(-c3cnc4ccsc4c3)no2)c(Cl)c1. The van der Waals surface area contributed by atoms with E-state index in [1.807, 2.05) is 17.5 Å². The minimum atomic E-state index is 0.242. The number of anilines is 1. The summed E-state index contributed by atoms with van der Waals surface area (Å²) < 4.78 is 6.31. The first kappa shape index (κ1) is 13.2. The molecule has 8 heteroatoms. The third kappa shape index (κ3) is 2.20. The van der Waals surface area contributed by atoms with E-state index in [1.165, 1.54) is 6.20 Å². The Bertz CT molecular complexity index is 980. The average Bonchev–Trinajstić information content (AvgIpc) is 3.15. The summed E-state index contributed by atoms with van der Waals surface area (Å²) in [5.74, 6) is 0.679. The number of nitrogens with zero attached hydrogens (tertiary/aromatic N) is 4. The first-order valence-corrected chi connectivity index (χ1v) is 7.55. The fourth-order valence-corrected chi connectivity index (χ4v) is 3.05. The zero-order chi connectivity index (χ0) is 15.1. The molecule has 2 N–H and O–H groups in total. The van der Waals surface area contributed by atoms with Gasteiger partial charge in [-0.1, -0.05) is 16.8 Å². The molecule has 0 spiro atoms. The number of hydrogen-bond acceptors (Lipinski definition) is 7.